The van der Waals surface area contributed by atoms with Crippen LogP contribution < -0.4 is 4.72 Å². The number of sulfonamides is 2. The molecule has 7 nitrogen and oxygen atoms in total. The van der Waals surface area contributed by atoms with Crippen LogP contribution in [0.5, 0.6) is 0 Å². The van der Waals surface area contributed by atoms with Crippen LogP contribution in [-0.4, -0.2) is 47.4 Å². The second kappa shape index (κ2) is 7.70. The van der Waals surface area contributed by atoms with Gasteiger partial charge in [0.2, 0.25) is 10.0 Å². The third-order valence-corrected chi connectivity index (χ3v) is 7.28. The lowest BCUT2D eigenvalue weighted by molar-refractivity contribution is 0.0730. The van der Waals surface area contributed by atoms with E-state index in [0.29, 0.717) is 12.1 Å². The maximum absolute atomic E-state index is 13.8. The van der Waals surface area contributed by atoms with Gasteiger partial charge in [0, 0.05) is 13.1 Å². The summed E-state index contributed by atoms with van der Waals surface area (Å²) in [6.07, 6.45) is 0. The standard InChI is InChI=1S/C16H15F3N2O5S2/c17-13-4-5-14(16(19)15(13)18)27(22,23)20-11-2-1-3-12(10-11)28(24,25)21-6-8-26-9-7-21/h1-5,10,20H,6-9H2. The first-order chi connectivity index (χ1) is 13.1. The van der Waals surface area contributed by atoms with Crippen LogP contribution in [0.2, 0.25) is 0 Å². The van der Waals surface area contributed by atoms with Crippen LogP contribution in [-0.2, 0) is 24.8 Å². The van der Waals surface area contributed by atoms with Gasteiger partial charge in [-0.1, -0.05) is 6.07 Å². The third-order valence-electron chi connectivity index (χ3n) is 3.98. The Labute approximate surface area is 159 Å². The molecule has 3 rings (SSSR count). The molecule has 1 fully saturated rings. The SMILES string of the molecule is O=S(=O)(Nc1cccc(S(=O)(=O)N2CCOCC2)c1)c1ccc(F)c(F)c1F. The molecule has 0 bridgehead atoms. The van der Waals surface area contributed by atoms with Crippen LogP contribution in [0, 0.1) is 17.5 Å². The van der Waals surface area contributed by atoms with Gasteiger partial charge >= 0.3 is 0 Å². The fourth-order valence-corrected chi connectivity index (χ4v) is 5.16. The molecule has 28 heavy (non-hydrogen) atoms. The van der Waals surface area contributed by atoms with Gasteiger partial charge in [-0.2, -0.15) is 4.31 Å². The number of rotatable bonds is 5. The van der Waals surface area contributed by atoms with E-state index in [-0.39, 0.29) is 36.9 Å². The number of hydrogen-bond acceptors (Lipinski definition) is 5. The molecule has 12 heteroatoms. The van der Waals surface area contributed by atoms with Crippen LogP contribution in [0.1, 0.15) is 0 Å². The van der Waals surface area contributed by atoms with Crippen molar-refractivity contribution >= 4 is 25.7 Å². The summed E-state index contributed by atoms with van der Waals surface area (Å²) in [6, 6.07) is 5.93. The van der Waals surface area contributed by atoms with Crippen molar-refractivity contribution in [3.05, 3.63) is 53.8 Å². The number of benzene rings is 2. The second-order valence-electron chi connectivity index (χ2n) is 5.82. The zero-order valence-electron chi connectivity index (χ0n) is 14.2. The van der Waals surface area contributed by atoms with E-state index in [9.17, 15) is 30.0 Å². The van der Waals surface area contributed by atoms with Crippen molar-refractivity contribution in [2.75, 3.05) is 31.0 Å². The number of nitrogens with zero attached hydrogens (tertiary/aromatic N) is 1. The van der Waals surface area contributed by atoms with Crippen LogP contribution in [0.15, 0.2) is 46.2 Å². The number of nitrogens with one attached hydrogen (secondary N) is 1. The predicted octanol–water partition coefficient (Wildman–Crippen LogP) is 1.93. The third kappa shape index (κ3) is 3.99. The Bertz CT molecular complexity index is 1100. The average Bonchev–Trinajstić information content (AvgIpc) is 2.66. The molecule has 0 atom stereocenters. The summed E-state index contributed by atoms with van der Waals surface area (Å²) in [4.78, 5) is -1.28. The predicted molar refractivity (Wildman–Crippen MR) is 93.1 cm³/mol. The van der Waals surface area contributed by atoms with E-state index >= 15 is 0 Å². The zero-order valence-corrected chi connectivity index (χ0v) is 15.9. The number of hydrogen-bond donors (Lipinski definition) is 1. The summed E-state index contributed by atoms with van der Waals surface area (Å²) in [5.74, 6) is -5.33. The van der Waals surface area contributed by atoms with Crippen LogP contribution in [0.3, 0.4) is 0 Å². The number of ether oxygens (including phenoxy) is 1. The van der Waals surface area contributed by atoms with E-state index in [4.69, 9.17) is 4.74 Å². The van der Waals surface area contributed by atoms with Crippen molar-refractivity contribution in [3.8, 4) is 0 Å². The lowest BCUT2D eigenvalue weighted by Crippen LogP contribution is -2.40. The van der Waals surface area contributed by atoms with Crippen LogP contribution in [0.4, 0.5) is 18.9 Å². The molecule has 2 aromatic rings. The molecule has 1 heterocycles. The van der Waals surface area contributed by atoms with E-state index in [0.717, 1.165) is 6.07 Å². The normalized spacial score (nSPS) is 16.1. The molecule has 0 aromatic heterocycles. The van der Waals surface area contributed by atoms with Gasteiger partial charge in [0.25, 0.3) is 10.0 Å². The summed E-state index contributed by atoms with van der Waals surface area (Å²) in [5, 5.41) is 0. The summed E-state index contributed by atoms with van der Waals surface area (Å²) < 4.78 is 98.4. The molecule has 1 saturated heterocycles. The summed E-state index contributed by atoms with van der Waals surface area (Å²) in [5.41, 5.74) is -0.182. The van der Waals surface area contributed by atoms with E-state index in [1.54, 1.807) is 0 Å². The van der Waals surface area contributed by atoms with Gasteiger partial charge in [-0.3, -0.25) is 4.72 Å². The fourth-order valence-electron chi connectivity index (χ4n) is 2.58. The molecule has 2 aromatic carbocycles. The van der Waals surface area contributed by atoms with E-state index in [1.807, 2.05) is 4.72 Å². The van der Waals surface area contributed by atoms with Crippen molar-refractivity contribution in [2.24, 2.45) is 0 Å². The average molecular weight is 436 g/mol. The van der Waals surface area contributed by atoms with Gasteiger partial charge < -0.3 is 4.74 Å². The van der Waals surface area contributed by atoms with Crippen molar-refractivity contribution < 1.29 is 34.7 Å². The van der Waals surface area contributed by atoms with Gasteiger partial charge in [-0.25, -0.2) is 30.0 Å². The van der Waals surface area contributed by atoms with Crippen LogP contribution in [0.25, 0.3) is 0 Å². The molecule has 1 N–H and O–H groups in total. The van der Waals surface area contributed by atoms with Gasteiger partial charge in [-0.15, -0.1) is 0 Å². The summed E-state index contributed by atoms with van der Waals surface area (Å²) in [7, 11) is -8.52. The first-order valence-electron chi connectivity index (χ1n) is 7.97. The van der Waals surface area contributed by atoms with Crippen molar-refractivity contribution in [1.29, 1.82) is 0 Å². The highest BCUT2D eigenvalue weighted by atomic mass is 32.2. The Hall–Kier alpha value is -2.15. The Kier molecular flexibility index (Phi) is 5.66. The minimum absolute atomic E-state index is 0.151. The van der Waals surface area contributed by atoms with E-state index in [2.05, 4.69) is 0 Å². The zero-order chi connectivity index (χ0) is 20.5. The lowest BCUT2D eigenvalue weighted by Gasteiger charge is -2.26. The molecule has 1 aliphatic heterocycles. The summed E-state index contributed by atoms with van der Waals surface area (Å²) in [6.45, 7) is 0.776. The monoisotopic (exact) mass is 436 g/mol. The van der Waals surface area contributed by atoms with Gasteiger partial charge in [0.05, 0.1) is 23.8 Å². The molecule has 0 unspecified atom stereocenters. The number of morpholine rings is 1. The first kappa shape index (κ1) is 20.6. The first-order valence-corrected chi connectivity index (χ1v) is 10.9. The van der Waals surface area contributed by atoms with Crippen molar-refractivity contribution in [3.63, 3.8) is 0 Å². The van der Waals surface area contributed by atoms with Crippen molar-refractivity contribution in [2.45, 2.75) is 9.79 Å². The second-order valence-corrected chi connectivity index (χ2v) is 9.41. The molecular formula is C16H15F3N2O5S2. The molecule has 1 aliphatic rings. The molecule has 0 amide bonds. The molecule has 152 valence electrons. The Morgan fingerprint density at radius 2 is 1.61 bits per heavy atom. The Morgan fingerprint density at radius 1 is 0.929 bits per heavy atom. The highest BCUT2D eigenvalue weighted by Crippen LogP contribution is 2.25. The Morgan fingerprint density at radius 3 is 2.29 bits per heavy atom. The van der Waals surface area contributed by atoms with Crippen molar-refractivity contribution in [1.82, 2.24) is 4.31 Å². The molecular weight excluding hydrogens is 421 g/mol. The van der Waals surface area contributed by atoms with Gasteiger partial charge in [-0.05, 0) is 30.3 Å². The summed E-state index contributed by atoms with van der Waals surface area (Å²) >= 11 is 0. The Balaban J connectivity index is 1.92. The maximum atomic E-state index is 13.8. The molecule has 0 saturated carbocycles. The maximum Gasteiger partial charge on any atom is 0.264 e. The fraction of sp³-hybridized carbons (Fsp3) is 0.250. The number of anilines is 1. The largest absolute Gasteiger partial charge is 0.379 e. The molecule has 0 aliphatic carbocycles. The van der Waals surface area contributed by atoms with E-state index < -0.39 is 42.4 Å². The smallest absolute Gasteiger partial charge is 0.264 e. The topological polar surface area (TPSA) is 92.8 Å². The van der Waals surface area contributed by atoms with E-state index in [1.165, 1.54) is 22.5 Å². The minimum Gasteiger partial charge on any atom is -0.379 e. The minimum atomic E-state index is -4.63. The molecule has 0 spiro atoms. The number of halogens is 3. The highest BCUT2D eigenvalue weighted by Gasteiger charge is 2.28. The van der Waals surface area contributed by atoms with Gasteiger partial charge in [0.1, 0.15) is 4.90 Å². The van der Waals surface area contributed by atoms with Crippen LogP contribution >= 0.6 is 0 Å². The lowest BCUT2D eigenvalue weighted by atomic mass is 10.3. The molecule has 0 radical (unpaired) electrons. The highest BCUT2D eigenvalue weighted by molar-refractivity contribution is 7.92. The van der Waals surface area contributed by atoms with Gasteiger partial charge in [0.15, 0.2) is 17.5 Å². The quantitative estimate of drug-likeness (QED) is 0.723.